The Balaban J connectivity index is 0.00000169. The monoisotopic (exact) mass is 265 g/mol. The van der Waals surface area contributed by atoms with E-state index >= 15 is 0 Å². The molecule has 1 aromatic rings. The van der Waals surface area contributed by atoms with E-state index in [1.165, 1.54) is 0 Å². The second-order valence-corrected chi connectivity index (χ2v) is 2.44. The summed E-state index contributed by atoms with van der Waals surface area (Å²) in [6, 6.07) is 9.38. The third kappa shape index (κ3) is 4.54. The van der Waals surface area contributed by atoms with Gasteiger partial charge in [-0.1, -0.05) is 5.78 Å². The zero-order valence-corrected chi connectivity index (χ0v) is 10.3. The van der Waals surface area contributed by atoms with Crippen LogP contribution >= 0.6 is 0 Å². The molecule has 0 amide bonds. The molecule has 0 aromatic heterocycles. The van der Waals surface area contributed by atoms with E-state index in [9.17, 15) is 9.59 Å². The summed E-state index contributed by atoms with van der Waals surface area (Å²) in [6.45, 7) is 0. The number of carbonyl (C=O) groups is 2. The Kier molecular flexibility index (Phi) is 6.42. The van der Waals surface area contributed by atoms with Gasteiger partial charge in [0.25, 0.3) is 5.97 Å². The molecular weight excluding hydrogens is 257 g/mol. The number of hydrogen-bond acceptors (Lipinski definition) is 2. The number of carboxylic acid groups (broad SMARTS) is 1. The standard InChI is InChI=1S/C10H8O3.Y/c11-9(6-7-10(12)13)8-4-2-1-3-5-8;/h1-4,6H,7H2,(H,12,13);/q-2;. The first-order valence-electron chi connectivity index (χ1n) is 3.76. The van der Waals surface area contributed by atoms with E-state index in [0.717, 1.165) is 6.42 Å². The van der Waals surface area contributed by atoms with Gasteiger partial charge in [0.1, 0.15) is 0 Å². The quantitative estimate of drug-likeness (QED) is 0.660. The molecule has 0 unspecified atom stereocenters. The SMILES string of the molecule is O=C(O)C[CH-]C(=O)c1[c-]cccc1.[Y]. The molecule has 3 nitrogen and oxygen atoms in total. The first kappa shape index (κ1) is 13.3. The number of carbonyl (C=O) groups excluding carboxylic acids is 1. The first-order valence-corrected chi connectivity index (χ1v) is 3.76. The molecule has 0 atom stereocenters. The molecule has 0 fully saturated rings. The molecule has 14 heavy (non-hydrogen) atoms. The average molecular weight is 265 g/mol. The molecular formula is C10H8O3Y-2. The van der Waals surface area contributed by atoms with Crippen molar-refractivity contribution < 1.29 is 47.4 Å². The van der Waals surface area contributed by atoms with Crippen molar-refractivity contribution in [3.63, 3.8) is 0 Å². The van der Waals surface area contributed by atoms with Crippen LogP contribution in [0.5, 0.6) is 0 Å². The summed E-state index contributed by atoms with van der Waals surface area (Å²) >= 11 is 0. The number of benzene rings is 1. The van der Waals surface area contributed by atoms with Crippen LogP contribution < -0.4 is 0 Å². The Bertz CT molecular complexity index is 308. The van der Waals surface area contributed by atoms with Crippen LogP contribution in [0.15, 0.2) is 24.3 Å². The van der Waals surface area contributed by atoms with Crippen molar-refractivity contribution in [1.82, 2.24) is 0 Å². The van der Waals surface area contributed by atoms with Crippen molar-refractivity contribution in [2.45, 2.75) is 6.42 Å². The molecule has 0 saturated carbocycles. The van der Waals surface area contributed by atoms with Crippen LogP contribution in [-0.4, -0.2) is 16.9 Å². The predicted octanol–water partition coefficient (Wildman–Crippen LogP) is 1.35. The Morgan fingerprint density at radius 3 is 2.64 bits per heavy atom. The van der Waals surface area contributed by atoms with Gasteiger partial charge >= 0.3 is 0 Å². The van der Waals surface area contributed by atoms with E-state index in [1.807, 2.05) is 0 Å². The van der Waals surface area contributed by atoms with Crippen LogP contribution in [0.25, 0.3) is 0 Å². The summed E-state index contributed by atoms with van der Waals surface area (Å²) < 4.78 is 0. The van der Waals surface area contributed by atoms with E-state index < -0.39 is 5.97 Å². The molecule has 0 aliphatic rings. The van der Waals surface area contributed by atoms with Crippen LogP contribution in [-0.2, 0) is 37.5 Å². The third-order valence-electron chi connectivity index (χ3n) is 1.44. The number of hydrogen-bond donors (Lipinski definition) is 1. The molecule has 0 spiro atoms. The van der Waals surface area contributed by atoms with Crippen LogP contribution in [0, 0.1) is 12.5 Å². The summed E-state index contributed by atoms with van der Waals surface area (Å²) in [6.07, 6.45) is 0.885. The van der Waals surface area contributed by atoms with E-state index in [0.29, 0.717) is 5.56 Å². The summed E-state index contributed by atoms with van der Waals surface area (Å²) in [7, 11) is 0. The van der Waals surface area contributed by atoms with Gasteiger partial charge in [0, 0.05) is 32.7 Å². The van der Waals surface area contributed by atoms with E-state index in [2.05, 4.69) is 6.07 Å². The van der Waals surface area contributed by atoms with Crippen molar-refractivity contribution in [3.05, 3.63) is 42.3 Å². The first-order chi connectivity index (χ1) is 6.20. The number of ketones is 1. The Morgan fingerprint density at radius 1 is 1.43 bits per heavy atom. The molecule has 1 aromatic carbocycles. The van der Waals surface area contributed by atoms with Crippen LogP contribution in [0.1, 0.15) is 16.8 Å². The van der Waals surface area contributed by atoms with Crippen molar-refractivity contribution in [2.24, 2.45) is 0 Å². The second-order valence-electron chi connectivity index (χ2n) is 2.44. The zero-order valence-electron chi connectivity index (χ0n) is 7.43. The zero-order chi connectivity index (χ0) is 9.68. The van der Waals surface area contributed by atoms with Gasteiger partial charge in [-0.05, 0) is 6.42 Å². The maximum absolute atomic E-state index is 11.2. The molecule has 0 aliphatic heterocycles. The summed E-state index contributed by atoms with van der Waals surface area (Å²) in [5.41, 5.74) is 0.392. The molecule has 4 heteroatoms. The number of rotatable bonds is 4. The topological polar surface area (TPSA) is 54.4 Å². The molecule has 0 bridgehead atoms. The fourth-order valence-electron chi connectivity index (χ4n) is 0.837. The minimum absolute atomic E-state index is 0. The molecule has 0 heterocycles. The molecule has 0 saturated heterocycles. The molecule has 0 aliphatic carbocycles. The molecule has 71 valence electrons. The van der Waals surface area contributed by atoms with Gasteiger partial charge in [-0.15, -0.1) is 6.07 Å². The smallest absolute Gasteiger partial charge is 0.289 e. The van der Waals surface area contributed by atoms with Crippen LogP contribution in [0.4, 0.5) is 0 Å². The van der Waals surface area contributed by atoms with Gasteiger partial charge in [-0.3, -0.25) is 10.4 Å². The van der Waals surface area contributed by atoms with Gasteiger partial charge in [-0.2, -0.15) is 12.1 Å². The third-order valence-corrected chi connectivity index (χ3v) is 1.44. The van der Waals surface area contributed by atoms with Gasteiger partial charge in [0.2, 0.25) is 0 Å². The fourth-order valence-corrected chi connectivity index (χ4v) is 0.837. The minimum Gasteiger partial charge on any atom is -0.482 e. The maximum atomic E-state index is 11.2. The Hall–Kier alpha value is -0.666. The normalized spacial score (nSPS) is 8.57. The summed E-state index contributed by atoms with van der Waals surface area (Å²) in [4.78, 5) is 21.3. The second kappa shape index (κ2) is 6.74. The molecule has 1 rings (SSSR count). The van der Waals surface area contributed by atoms with Crippen molar-refractivity contribution in [3.8, 4) is 0 Å². The Labute approximate surface area is 107 Å². The maximum Gasteiger partial charge on any atom is 0.289 e. The van der Waals surface area contributed by atoms with Gasteiger partial charge in [-0.25, -0.2) is 18.6 Å². The number of carboxylic acids is 1. The Morgan fingerprint density at radius 2 is 2.14 bits per heavy atom. The van der Waals surface area contributed by atoms with E-state index in [4.69, 9.17) is 5.11 Å². The van der Waals surface area contributed by atoms with E-state index in [1.54, 1.807) is 24.3 Å². The summed E-state index contributed by atoms with van der Waals surface area (Å²) in [5, 5.41) is 8.32. The fraction of sp³-hybridized carbons (Fsp3) is 0.100. The van der Waals surface area contributed by atoms with Crippen molar-refractivity contribution in [1.29, 1.82) is 0 Å². The molecule has 1 radical (unpaired) electrons. The summed E-state index contributed by atoms with van der Waals surface area (Å²) in [5.74, 6) is -1.31. The number of aliphatic carboxylic acids is 1. The van der Waals surface area contributed by atoms with Gasteiger partial charge in [0.05, 0.1) is 0 Å². The van der Waals surface area contributed by atoms with E-state index in [-0.39, 0.29) is 44.9 Å². The molecule has 1 N–H and O–H groups in total. The van der Waals surface area contributed by atoms with Crippen molar-refractivity contribution in [2.75, 3.05) is 0 Å². The van der Waals surface area contributed by atoms with Crippen molar-refractivity contribution >= 4 is 11.8 Å². The van der Waals surface area contributed by atoms with Crippen LogP contribution in [0.3, 0.4) is 0 Å². The van der Waals surface area contributed by atoms with Crippen LogP contribution in [0.2, 0.25) is 0 Å². The largest absolute Gasteiger partial charge is 0.482 e. The minimum atomic E-state index is -1.01. The average Bonchev–Trinajstić information content (AvgIpc) is 2.15. The van der Waals surface area contributed by atoms with Gasteiger partial charge in [0.15, 0.2) is 0 Å². The van der Waals surface area contributed by atoms with Gasteiger partial charge < -0.3 is 9.90 Å². The number of Topliss-reactive ketones (excluding diaryl/α,β-unsaturated/α-hetero) is 1. The predicted molar refractivity (Wildman–Crippen MR) is 46.2 cm³/mol.